The number of hydrogen-bond donors (Lipinski definition) is 0. The van der Waals surface area contributed by atoms with E-state index in [2.05, 4.69) is 20.9 Å². The van der Waals surface area contributed by atoms with Crippen molar-refractivity contribution in [2.45, 2.75) is 6.54 Å². The first kappa shape index (κ1) is 11.2. The molecule has 0 unspecified atom stereocenters. The van der Waals surface area contributed by atoms with Gasteiger partial charge in [0, 0.05) is 18.6 Å². The number of aromatic nitrogens is 3. The van der Waals surface area contributed by atoms with Gasteiger partial charge in [-0.05, 0) is 40.2 Å². The quantitative estimate of drug-likeness (QED) is 0.729. The first-order valence-corrected chi connectivity index (χ1v) is 6.31. The van der Waals surface area contributed by atoms with Gasteiger partial charge < -0.3 is 8.97 Å². The minimum absolute atomic E-state index is 0.0467. The summed E-state index contributed by atoms with van der Waals surface area (Å²) in [4.78, 5) is 16.3. The lowest BCUT2D eigenvalue weighted by Crippen LogP contribution is -2.20. The van der Waals surface area contributed by atoms with Crippen LogP contribution >= 0.6 is 15.9 Å². The Kier molecular flexibility index (Phi) is 2.76. The zero-order valence-electron chi connectivity index (χ0n) is 9.45. The van der Waals surface area contributed by atoms with Crippen molar-refractivity contribution < 1.29 is 0 Å². The van der Waals surface area contributed by atoms with Gasteiger partial charge in [-0.1, -0.05) is 6.07 Å². The highest BCUT2D eigenvalue weighted by Crippen LogP contribution is 2.07. The smallest absolute Gasteiger partial charge is 0.265 e. The van der Waals surface area contributed by atoms with Gasteiger partial charge in [0.15, 0.2) is 0 Å². The maximum Gasteiger partial charge on any atom is 0.265 e. The molecule has 4 nitrogen and oxygen atoms in total. The maximum absolute atomic E-state index is 11.9. The molecule has 5 heteroatoms. The van der Waals surface area contributed by atoms with Crippen molar-refractivity contribution in [2.24, 2.45) is 0 Å². The van der Waals surface area contributed by atoms with Gasteiger partial charge in [-0.15, -0.1) is 0 Å². The molecule has 0 aromatic carbocycles. The molecule has 3 aromatic rings. The van der Waals surface area contributed by atoms with E-state index in [0.29, 0.717) is 11.0 Å². The van der Waals surface area contributed by atoms with Gasteiger partial charge in [0.1, 0.15) is 5.65 Å². The summed E-state index contributed by atoms with van der Waals surface area (Å²) in [5.41, 5.74) is 1.70. The van der Waals surface area contributed by atoms with Crippen LogP contribution in [0.3, 0.4) is 0 Å². The Morgan fingerprint density at radius 2 is 2.06 bits per heavy atom. The second-order valence-corrected chi connectivity index (χ2v) is 4.84. The topological polar surface area (TPSA) is 39.3 Å². The van der Waals surface area contributed by atoms with E-state index in [1.807, 2.05) is 41.1 Å². The third kappa shape index (κ3) is 1.97. The van der Waals surface area contributed by atoms with Crippen molar-refractivity contribution in [1.29, 1.82) is 0 Å². The van der Waals surface area contributed by atoms with Crippen LogP contribution in [0.5, 0.6) is 0 Å². The first-order chi connectivity index (χ1) is 8.74. The van der Waals surface area contributed by atoms with E-state index < -0.39 is 0 Å². The van der Waals surface area contributed by atoms with Crippen LogP contribution < -0.4 is 5.56 Å². The van der Waals surface area contributed by atoms with Gasteiger partial charge in [0.2, 0.25) is 0 Å². The molecule has 3 aromatic heterocycles. The molecule has 3 heterocycles. The molecule has 90 valence electrons. The van der Waals surface area contributed by atoms with E-state index in [4.69, 9.17) is 0 Å². The molecule has 0 saturated carbocycles. The summed E-state index contributed by atoms with van der Waals surface area (Å²) in [6, 6.07) is 9.40. The number of fused-ring (bicyclic) bond motifs is 1. The first-order valence-electron chi connectivity index (χ1n) is 5.51. The lowest BCUT2D eigenvalue weighted by molar-refractivity contribution is 0.740. The third-order valence-electron chi connectivity index (χ3n) is 2.72. The predicted octanol–water partition coefficient (Wildman–Crippen LogP) is 2.31. The molecule has 0 bridgehead atoms. The van der Waals surface area contributed by atoms with Crippen LogP contribution in [0, 0.1) is 0 Å². The standard InChI is InChI=1S/C13H10BrN3O/c14-11-4-3-7-17(13(11)18)9-10-8-16-6-2-1-5-12(16)15-10/h1-8H,9H2. The fourth-order valence-electron chi connectivity index (χ4n) is 1.87. The predicted molar refractivity (Wildman–Crippen MR) is 72.7 cm³/mol. The largest absolute Gasteiger partial charge is 0.309 e. The van der Waals surface area contributed by atoms with Gasteiger partial charge in [-0.2, -0.15) is 0 Å². The average Bonchev–Trinajstić information content (AvgIpc) is 2.77. The van der Waals surface area contributed by atoms with Gasteiger partial charge in [0.05, 0.1) is 16.7 Å². The SMILES string of the molecule is O=c1c(Br)cccn1Cc1cn2ccccc2n1. The van der Waals surface area contributed by atoms with Crippen LogP contribution in [0.2, 0.25) is 0 Å². The van der Waals surface area contributed by atoms with Crippen LogP contribution in [0.25, 0.3) is 5.65 Å². The molecule has 0 aliphatic heterocycles. The Balaban J connectivity index is 2.01. The summed E-state index contributed by atoms with van der Waals surface area (Å²) in [5.74, 6) is 0. The third-order valence-corrected chi connectivity index (χ3v) is 3.32. The second kappa shape index (κ2) is 4.42. The fraction of sp³-hybridized carbons (Fsp3) is 0.0769. The molecule has 0 radical (unpaired) electrons. The molecule has 0 atom stereocenters. The lowest BCUT2D eigenvalue weighted by Gasteiger charge is -2.02. The normalized spacial score (nSPS) is 10.9. The van der Waals surface area contributed by atoms with Gasteiger partial charge in [-0.25, -0.2) is 4.98 Å². The molecule has 3 rings (SSSR count). The Bertz CT molecular complexity index is 727. The Morgan fingerprint density at radius 1 is 1.17 bits per heavy atom. The van der Waals surface area contributed by atoms with Crippen LogP contribution in [0.1, 0.15) is 5.69 Å². The van der Waals surface area contributed by atoms with Crippen LogP contribution in [-0.4, -0.2) is 14.0 Å². The Hall–Kier alpha value is -1.88. The minimum Gasteiger partial charge on any atom is -0.309 e. The van der Waals surface area contributed by atoms with E-state index in [9.17, 15) is 4.79 Å². The van der Waals surface area contributed by atoms with E-state index in [-0.39, 0.29) is 5.56 Å². The summed E-state index contributed by atoms with van der Waals surface area (Å²) >= 11 is 3.24. The molecular weight excluding hydrogens is 294 g/mol. The molecular formula is C13H10BrN3O. The Labute approximate surface area is 112 Å². The molecule has 0 aliphatic rings. The summed E-state index contributed by atoms with van der Waals surface area (Å²) in [7, 11) is 0. The lowest BCUT2D eigenvalue weighted by atomic mass is 10.4. The zero-order chi connectivity index (χ0) is 12.5. The van der Waals surface area contributed by atoms with Gasteiger partial charge >= 0.3 is 0 Å². The number of hydrogen-bond acceptors (Lipinski definition) is 2. The van der Waals surface area contributed by atoms with Crippen molar-refractivity contribution in [3.63, 3.8) is 0 Å². The van der Waals surface area contributed by atoms with Crippen LogP contribution in [0.15, 0.2) is 58.2 Å². The second-order valence-electron chi connectivity index (χ2n) is 3.99. The van der Waals surface area contributed by atoms with E-state index in [1.54, 1.807) is 16.8 Å². The summed E-state index contributed by atoms with van der Waals surface area (Å²) in [6.45, 7) is 0.472. The van der Waals surface area contributed by atoms with Crippen molar-refractivity contribution in [3.8, 4) is 0 Å². The van der Waals surface area contributed by atoms with Gasteiger partial charge in [-0.3, -0.25) is 4.79 Å². The Morgan fingerprint density at radius 3 is 2.89 bits per heavy atom. The summed E-state index contributed by atoms with van der Waals surface area (Å²) in [5, 5.41) is 0. The van der Waals surface area contributed by atoms with E-state index >= 15 is 0 Å². The maximum atomic E-state index is 11.9. The number of halogens is 1. The van der Waals surface area contributed by atoms with Crippen LogP contribution in [0.4, 0.5) is 0 Å². The van der Waals surface area contributed by atoms with E-state index in [1.165, 1.54) is 0 Å². The number of pyridine rings is 2. The molecule has 0 saturated heterocycles. The van der Waals surface area contributed by atoms with Gasteiger partial charge in [0.25, 0.3) is 5.56 Å². The number of rotatable bonds is 2. The highest BCUT2D eigenvalue weighted by molar-refractivity contribution is 9.10. The summed E-state index contributed by atoms with van der Waals surface area (Å²) < 4.78 is 4.14. The average molecular weight is 304 g/mol. The van der Waals surface area contributed by atoms with Crippen LogP contribution in [-0.2, 0) is 6.54 Å². The molecule has 0 spiro atoms. The monoisotopic (exact) mass is 303 g/mol. The van der Waals surface area contributed by atoms with E-state index in [0.717, 1.165) is 11.3 Å². The highest BCUT2D eigenvalue weighted by atomic mass is 79.9. The van der Waals surface area contributed by atoms with Crippen molar-refractivity contribution in [2.75, 3.05) is 0 Å². The number of nitrogens with zero attached hydrogens (tertiary/aromatic N) is 3. The van der Waals surface area contributed by atoms with Crippen molar-refractivity contribution in [1.82, 2.24) is 14.0 Å². The molecule has 18 heavy (non-hydrogen) atoms. The van der Waals surface area contributed by atoms with Crippen molar-refractivity contribution in [3.05, 3.63) is 69.4 Å². The van der Waals surface area contributed by atoms with Crippen molar-refractivity contribution >= 4 is 21.6 Å². The molecule has 0 amide bonds. The molecule has 0 aliphatic carbocycles. The molecule has 0 fully saturated rings. The zero-order valence-corrected chi connectivity index (χ0v) is 11.0. The minimum atomic E-state index is -0.0467. The number of imidazole rings is 1. The summed E-state index contributed by atoms with van der Waals surface area (Å²) in [6.07, 6.45) is 5.63. The highest BCUT2D eigenvalue weighted by Gasteiger charge is 2.04. The molecule has 0 N–H and O–H groups in total. The fourth-order valence-corrected chi connectivity index (χ4v) is 2.25.